The predicted octanol–water partition coefficient (Wildman–Crippen LogP) is 1.42. The minimum absolute atomic E-state index is 0.177. The molecule has 1 aliphatic carbocycles. The molecule has 1 saturated carbocycles. The van der Waals surface area contributed by atoms with Crippen molar-refractivity contribution in [3.8, 4) is 5.95 Å². The summed E-state index contributed by atoms with van der Waals surface area (Å²) in [5.41, 5.74) is 5.72. The maximum atomic E-state index is 5.72. The highest BCUT2D eigenvalue weighted by molar-refractivity contribution is 5.34. The Bertz CT molecular complexity index is 562. The van der Waals surface area contributed by atoms with Gasteiger partial charge in [0.25, 0.3) is 5.95 Å². The Balaban J connectivity index is 1.60. The molecule has 0 unspecified atom stereocenters. The summed E-state index contributed by atoms with van der Waals surface area (Å²) in [6.07, 6.45) is 10.9. The molecule has 2 heterocycles. The average molecular weight is 288 g/mol. The van der Waals surface area contributed by atoms with Gasteiger partial charge in [-0.1, -0.05) is 32.1 Å². The van der Waals surface area contributed by atoms with Crippen LogP contribution in [0.2, 0.25) is 0 Å². The van der Waals surface area contributed by atoms with Gasteiger partial charge in [0.1, 0.15) is 12.7 Å². The van der Waals surface area contributed by atoms with E-state index in [9.17, 15) is 0 Å². The van der Waals surface area contributed by atoms with E-state index in [-0.39, 0.29) is 5.95 Å². The van der Waals surface area contributed by atoms with Crippen molar-refractivity contribution >= 4 is 11.9 Å². The first-order valence-electron chi connectivity index (χ1n) is 7.42. The zero-order valence-electron chi connectivity index (χ0n) is 11.9. The first kappa shape index (κ1) is 13.7. The summed E-state index contributed by atoms with van der Waals surface area (Å²) in [5.74, 6) is 1.86. The fraction of sp³-hybridized carbons (Fsp3) is 0.615. The van der Waals surface area contributed by atoms with E-state index in [2.05, 4.69) is 30.4 Å². The molecule has 0 aromatic carbocycles. The topological polar surface area (TPSA) is 107 Å². The van der Waals surface area contributed by atoms with Crippen LogP contribution in [0.25, 0.3) is 5.95 Å². The maximum Gasteiger partial charge on any atom is 0.258 e. The second-order valence-electron chi connectivity index (χ2n) is 5.38. The molecule has 3 N–H and O–H groups in total. The summed E-state index contributed by atoms with van der Waals surface area (Å²) >= 11 is 0. The average Bonchev–Trinajstić information content (AvgIpc) is 3.02. The molecule has 0 aliphatic heterocycles. The number of anilines is 2. The van der Waals surface area contributed by atoms with E-state index in [1.807, 2.05) is 0 Å². The van der Waals surface area contributed by atoms with E-state index in [0.29, 0.717) is 11.9 Å². The summed E-state index contributed by atoms with van der Waals surface area (Å²) in [6.45, 7) is 0.852. The molecule has 1 aliphatic rings. The van der Waals surface area contributed by atoms with Crippen molar-refractivity contribution in [2.24, 2.45) is 5.92 Å². The van der Waals surface area contributed by atoms with Crippen LogP contribution in [0.15, 0.2) is 12.7 Å². The monoisotopic (exact) mass is 288 g/mol. The summed E-state index contributed by atoms with van der Waals surface area (Å²) in [4.78, 5) is 16.3. The summed E-state index contributed by atoms with van der Waals surface area (Å²) in [5, 5.41) is 7.22. The van der Waals surface area contributed by atoms with Crippen LogP contribution in [-0.4, -0.2) is 36.3 Å². The van der Waals surface area contributed by atoms with Gasteiger partial charge in [-0.05, 0) is 12.3 Å². The molecule has 8 nitrogen and oxygen atoms in total. The molecule has 0 atom stereocenters. The zero-order valence-corrected chi connectivity index (χ0v) is 11.9. The van der Waals surface area contributed by atoms with Crippen molar-refractivity contribution < 1.29 is 0 Å². The summed E-state index contributed by atoms with van der Waals surface area (Å²) < 4.78 is 1.46. The van der Waals surface area contributed by atoms with E-state index < -0.39 is 0 Å². The van der Waals surface area contributed by atoms with Crippen LogP contribution in [0.3, 0.4) is 0 Å². The fourth-order valence-corrected chi connectivity index (χ4v) is 2.74. The summed E-state index contributed by atoms with van der Waals surface area (Å²) in [6, 6.07) is 0. The van der Waals surface area contributed by atoms with Gasteiger partial charge in [0.2, 0.25) is 11.9 Å². The second-order valence-corrected chi connectivity index (χ2v) is 5.38. The van der Waals surface area contributed by atoms with Crippen LogP contribution in [0, 0.1) is 5.92 Å². The Kier molecular flexibility index (Phi) is 4.23. The third-order valence-electron chi connectivity index (χ3n) is 3.83. The van der Waals surface area contributed by atoms with Gasteiger partial charge in [-0.3, -0.25) is 0 Å². The van der Waals surface area contributed by atoms with E-state index >= 15 is 0 Å². The molecule has 2 aromatic heterocycles. The van der Waals surface area contributed by atoms with E-state index in [1.165, 1.54) is 49.4 Å². The Labute approximate surface area is 123 Å². The first-order valence-corrected chi connectivity index (χ1v) is 7.42. The molecular formula is C13H20N8. The number of aromatic nitrogens is 6. The molecule has 0 saturated heterocycles. The van der Waals surface area contributed by atoms with Gasteiger partial charge in [0.15, 0.2) is 0 Å². The van der Waals surface area contributed by atoms with Crippen LogP contribution < -0.4 is 11.1 Å². The summed E-state index contributed by atoms with van der Waals surface area (Å²) in [7, 11) is 0. The van der Waals surface area contributed by atoms with Crippen molar-refractivity contribution in [3.05, 3.63) is 12.7 Å². The number of rotatable bonds is 5. The SMILES string of the molecule is Nc1nc(NCCC2CCCCC2)nc(-n2cncn2)n1. The number of hydrogen-bond donors (Lipinski definition) is 2. The Hall–Kier alpha value is -2.25. The molecule has 112 valence electrons. The molecule has 0 spiro atoms. The van der Waals surface area contributed by atoms with Crippen LogP contribution in [0.5, 0.6) is 0 Å². The highest BCUT2D eigenvalue weighted by atomic mass is 15.4. The van der Waals surface area contributed by atoms with Crippen molar-refractivity contribution in [1.82, 2.24) is 29.7 Å². The molecule has 2 aromatic rings. The second kappa shape index (κ2) is 6.47. The lowest BCUT2D eigenvalue weighted by atomic mass is 9.87. The number of nitrogens with two attached hydrogens (primary N) is 1. The first-order chi connectivity index (χ1) is 10.3. The van der Waals surface area contributed by atoms with Crippen molar-refractivity contribution in [3.63, 3.8) is 0 Å². The van der Waals surface area contributed by atoms with Crippen LogP contribution in [0.1, 0.15) is 38.5 Å². The smallest absolute Gasteiger partial charge is 0.258 e. The lowest BCUT2D eigenvalue weighted by Crippen LogP contribution is -2.15. The standard InChI is InChI=1S/C13H20N8/c14-11-18-12(16-7-6-10-4-2-1-3-5-10)20-13(19-11)21-9-15-8-17-21/h8-10H,1-7H2,(H3,14,16,18,19,20). The largest absolute Gasteiger partial charge is 0.368 e. The highest BCUT2D eigenvalue weighted by Gasteiger charge is 2.13. The minimum Gasteiger partial charge on any atom is -0.368 e. The fourth-order valence-electron chi connectivity index (χ4n) is 2.74. The molecule has 21 heavy (non-hydrogen) atoms. The van der Waals surface area contributed by atoms with Crippen LogP contribution in [-0.2, 0) is 0 Å². The lowest BCUT2D eigenvalue weighted by molar-refractivity contribution is 0.345. The molecule has 3 rings (SSSR count). The van der Waals surface area contributed by atoms with Crippen molar-refractivity contribution in [2.45, 2.75) is 38.5 Å². The van der Waals surface area contributed by atoms with Gasteiger partial charge < -0.3 is 11.1 Å². The third kappa shape index (κ3) is 3.65. The maximum absolute atomic E-state index is 5.72. The number of hydrogen-bond acceptors (Lipinski definition) is 7. The lowest BCUT2D eigenvalue weighted by Gasteiger charge is -2.21. The number of nitrogens with zero attached hydrogens (tertiary/aromatic N) is 6. The Morgan fingerprint density at radius 2 is 2.05 bits per heavy atom. The van der Waals surface area contributed by atoms with Gasteiger partial charge in [-0.2, -0.15) is 24.7 Å². The minimum atomic E-state index is 0.177. The molecule has 0 amide bonds. The van der Waals surface area contributed by atoms with Crippen molar-refractivity contribution in [2.75, 3.05) is 17.6 Å². The number of nitrogen functional groups attached to an aromatic ring is 1. The quantitative estimate of drug-likeness (QED) is 0.856. The number of nitrogens with one attached hydrogen (secondary N) is 1. The molecular weight excluding hydrogens is 268 g/mol. The Morgan fingerprint density at radius 1 is 1.19 bits per heavy atom. The normalized spacial score (nSPS) is 16.0. The van der Waals surface area contributed by atoms with E-state index in [0.717, 1.165) is 18.9 Å². The van der Waals surface area contributed by atoms with Gasteiger partial charge in [-0.25, -0.2) is 4.98 Å². The van der Waals surface area contributed by atoms with Crippen LogP contribution in [0.4, 0.5) is 11.9 Å². The van der Waals surface area contributed by atoms with Gasteiger partial charge in [-0.15, -0.1) is 0 Å². The predicted molar refractivity (Wildman–Crippen MR) is 78.8 cm³/mol. The van der Waals surface area contributed by atoms with Gasteiger partial charge in [0, 0.05) is 6.54 Å². The third-order valence-corrected chi connectivity index (χ3v) is 3.83. The highest BCUT2D eigenvalue weighted by Crippen LogP contribution is 2.26. The molecule has 1 fully saturated rings. The Morgan fingerprint density at radius 3 is 2.81 bits per heavy atom. The van der Waals surface area contributed by atoms with E-state index in [1.54, 1.807) is 0 Å². The molecule has 0 bridgehead atoms. The molecule has 0 radical (unpaired) electrons. The van der Waals surface area contributed by atoms with E-state index in [4.69, 9.17) is 5.73 Å². The molecule has 8 heteroatoms. The van der Waals surface area contributed by atoms with Crippen LogP contribution >= 0.6 is 0 Å². The van der Waals surface area contributed by atoms with Gasteiger partial charge in [0.05, 0.1) is 0 Å². The van der Waals surface area contributed by atoms with Crippen molar-refractivity contribution in [1.29, 1.82) is 0 Å². The van der Waals surface area contributed by atoms with Gasteiger partial charge >= 0.3 is 0 Å². The zero-order chi connectivity index (χ0) is 14.5.